The quantitative estimate of drug-likeness (QED) is 0.0459. The van der Waals surface area contributed by atoms with Crippen LogP contribution >= 0.6 is 0 Å². The summed E-state index contributed by atoms with van der Waals surface area (Å²) in [7, 11) is -5.64. The number of carboxylic acids is 1. The van der Waals surface area contributed by atoms with Crippen molar-refractivity contribution in [3.8, 4) is 11.3 Å². The van der Waals surface area contributed by atoms with Crippen LogP contribution in [0.1, 0.15) is 70.3 Å². The van der Waals surface area contributed by atoms with E-state index in [0.29, 0.717) is 102 Å². The van der Waals surface area contributed by atoms with Gasteiger partial charge in [0, 0.05) is 61.0 Å². The Kier molecular flexibility index (Phi) is 20.8. The van der Waals surface area contributed by atoms with E-state index in [1.165, 1.54) is 12.1 Å². The summed E-state index contributed by atoms with van der Waals surface area (Å²) in [4.78, 5) is 13.2. The number of fused-ring (bicyclic) bond motifs is 2. The molecule has 17 nitrogen and oxygen atoms in total. The summed E-state index contributed by atoms with van der Waals surface area (Å²) in [6.45, 7) is 14.0. The Morgan fingerprint density at radius 3 is 1.97 bits per heavy atom. The molecule has 1 aromatic carbocycles. The van der Waals surface area contributed by atoms with Crippen molar-refractivity contribution in [1.29, 1.82) is 0 Å². The van der Waals surface area contributed by atoms with Crippen LogP contribution in [0.3, 0.4) is 0 Å². The Balaban J connectivity index is 1.77. The second-order valence-electron chi connectivity index (χ2n) is 16.9. The molecule has 0 aromatic heterocycles. The summed E-state index contributed by atoms with van der Waals surface area (Å²) in [5.74, 6) is -0.129. The highest BCUT2D eigenvalue weighted by atomic mass is 32.2. The minimum Gasteiger partial charge on any atom is -0.481 e. The fourth-order valence-corrected chi connectivity index (χ4v) is 8.49. The molecular formula is C46H67N2O15S2+. The topological polar surface area (TPSA) is 221 Å². The van der Waals surface area contributed by atoms with Crippen molar-refractivity contribution >= 4 is 38.0 Å². The van der Waals surface area contributed by atoms with Crippen molar-refractivity contribution in [2.24, 2.45) is 0 Å². The standard InChI is InChI=1S/C46H66N2O15S2/c1-45(2,3)43-32-35(38-15-13-36(33-41(38)63-43)47(19-21-59-27-29-61-25-23-57-5)20-22-60-28-30-62-26-24-58-6)10-7-11-42-46(4,17-8-12-44(49)50)39-34-37(65(54,55)56)14-16-40(39)48(42)18-9-31-64(51,52)53/h7,10-11,13-16,32-34H,8-9,12,17-31H2,1-6H3,(H2-,49,50,51,52,53,54,55,56)/p+1. The minimum absolute atomic E-state index is 0.0363. The number of hydrogen-bond donors (Lipinski definition) is 3. The largest absolute Gasteiger partial charge is 0.481 e. The SMILES string of the molecule is COCCOCCOCC[N+](CCOCCOCCOC)=c1ccc2c(C=CC=C3N(CCCS(=O)(=O)O)c4ccc(S(=O)(=O)O)cc4C3(C)CCCC(=O)O)cc(C(C)(C)C)oc-2c1. The summed E-state index contributed by atoms with van der Waals surface area (Å²) < 4.78 is 109. The van der Waals surface area contributed by atoms with Crippen LogP contribution < -0.4 is 14.8 Å². The van der Waals surface area contributed by atoms with E-state index in [9.17, 15) is 35.8 Å². The monoisotopic (exact) mass is 951 g/mol. The number of carboxylic acid groups (broad SMARTS) is 1. The molecule has 1 aliphatic carbocycles. The number of rotatable bonds is 29. The van der Waals surface area contributed by atoms with Crippen molar-refractivity contribution in [2.75, 3.05) is 111 Å². The van der Waals surface area contributed by atoms with Crippen molar-refractivity contribution in [2.45, 2.75) is 69.1 Å². The Hall–Kier alpha value is -4.02. The number of aliphatic carboxylic acids is 1. The maximum Gasteiger partial charge on any atom is 0.303 e. The first-order valence-corrected chi connectivity index (χ1v) is 24.7. The van der Waals surface area contributed by atoms with Crippen molar-refractivity contribution in [3.63, 3.8) is 0 Å². The van der Waals surface area contributed by atoms with Gasteiger partial charge in [0.05, 0.1) is 69.6 Å². The summed E-state index contributed by atoms with van der Waals surface area (Å²) in [5, 5.41) is 10.4. The molecule has 0 radical (unpaired) electrons. The number of allylic oxidation sites excluding steroid dienone is 3. The highest BCUT2D eigenvalue weighted by molar-refractivity contribution is 7.86. The van der Waals surface area contributed by atoms with Gasteiger partial charge >= 0.3 is 5.97 Å². The zero-order valence-electron chi connectivity index (χ0n) is 38.5. The molecule has 1 atom stereocenters. The van der Waals surface area contributed by atoms with Gasteiger partial charge in [0.1, 0.15) is 24.7 Å². The van der Waals surface area contributed by atoms with E-state index in [2.05, 4.69) is 25.3 Å². The van der Waals surface area contributed by atoms with E-state index >= 15 is 0 Å². The van der Waals surface area contributed by atoms with Crippen LogP contribution in [-0.4, -0.2) is 143 Å². The molecule has 0 bridgehead atoms. The average molecular weight is 952 g/mol. The van der Waals surface area contributed by atoms with Crippen LogP contribution in [0.4, 0.5) is 5.69 Å². The predicted octanol–water partition coefficient (Wildman–Crippen LogP) is 5.27. The fourth-order valence-electron chi connectivity index (χ4n) is 7.49. The molecule has 3 N–H and O–H groups in total. The Bertz CT molecular complexity index is 2310. The third-order valence-electron chi connectivity index (χ3n) is 10.9. The van der Waals surface area contributed by atoms with E-state index in [-0.39, 0.29) is 42.5 Å². The number of carbonyl (C=O) groups is 1. The first-order valence-electron chi connectivity index (χ1n) is 21.7. The average Bonchev–Trinajstić information content (AvgIpc) is 3.46. The molecule has 2 heterocycles. The smallest absolute Gasteiger partial charge is 0.303 e. The molecule has 4 rings (SSSR count). The lowest BCUT2D eigenvalue weighted by Gasteiger charge is -2.30. The molecule has 65 heavy (non-hydrogen) atoms. The molecule has 0 saturated heterocycles. The Morgan fingerprint density at radius 1 is 0.815 bits per heavy atom. The van der Waals surface area contributed by atoms with Gasteiger partial charge in [-0.3, -0.25) is 13.9 Å². The van der Waals surface area contributed by atoms with Crippen LogP contribution in [0.25, 0.3) is 17.4 Å². The fraction of sp³-hybridized carbons (Fsp3) is 0.565. The van der Waals surface area contributed by atoms with Gasteiger partial charge in [-0.25, -0.2) is 4.58 Å². The second-order valence-corrected chi connectivity index (χ2v) is 19.8. The predicted molar refractivity (Wildman–Crippen MR) is 247 cm³/mol. The Labute approximate surface area is 383 Å². The molecule has 0 fully saturated rings. The van der Waals surface area contributed by atoms with Crippen molar-refractivity contribution in [1.82, 2.24) is 4.58 Å². The van der Waals surface area contributed by atoms with Crippen molar-refractivity contribution in [3.05, 3.63) is 82.6 Å². The summed E-state index contributed by atoms with van der Waals surface area (Å²) in [6, 6.07) is 12.2. The van der Waals surface area contributed by atoms with Crippen LogP contribution in [0.2, 0.25) is 0 Å². The normalized spacial score (nSPS) is 16.3. The number of nitrogens with zero attached hydrogens (tertiary/aromatic N) is 2. The number of anilines is 1. The van der Waals surface area contributed by atoms with Gasteiger partial charge in [-0.1, -0.05) is 32.9 Å². The third-order valence-corrected chi connectivity index (χ3v) is 12.5. The van der Waals surface area contributed by atoms with Gasteiger partial charge in [-0.05, 0) is 73.7 Å². The van der Waals surface area contributed by atoms with Gasteiger partial charge in [0.2, 0.25) is 5.36 Å². The number of hydrogen-bond acceptors (Lipinski definition) is 13. The first kappa shape index (κ1) is 53.6. The van der Waals surface area contributed by atoms with Gasteiger partial charge in [0.15, 0.2) is 13.1 Å². The molecule has 0 spiro atoms. The van der Waals surface area contributed by atoms with Crippen LogP contribution in [0, 0.1) is 0 Å². The lowest BCUT2D eigenvalue weighted by molar-refractivity contribution is -0.137. The summed E-state index contributed by atoms with van der Waals surface area (Å²) >= 11 is 0. The van der Waals surface area contributed by atoms with Crippen molar-refractivity contribution < 1.29 is 68.7 Å². The van der Waals surface area contributed by atoms with Crippen LogP contribution in [0.15, 0.2) is 69.6 Å². The lowest BCUT2D eigenvalue weighted by atomic mass is 9.77. The second kappa shape index (κ2) is 25.2. The molecule has 0 amide bonds. The van der Waals surface area contributed by atoms with E-state index in [4.69, 9.17) is 32.8 Å². The molecular weight excluding hydrogens is 885 g/mol. The van der Waals surface area contributed by atoms with E-state index in [1.54, 1.807) is 20.3 Å². The molecule has 362 valence electrons. The molecule has 3 aliphatic rings. The molecule has 19 heteroatoms. The van der Waals surface area contributed by atoms with Gasteiger partial charge in [-0.2, -0.15) is 16.8 Å². The number of benzene rings is 2. The maximum atomic E-state index is 12.3. The molecule has 1 aromatic rings. The maximum absolute atomic E-state index is 12.3. The first-order chi connectivity index (χ1) is 30.8. The van der Waals surface area contributed by atoms with Gasteiger partial charge in [0.25, 0.3) is 20.2 Å². The van der Waals surface area contributed by atoms with E-state index < -0.39 is 37.4 Å². The molecule has 1 unspecified atom stereocenters. The van der Waals surface area contributed by atoms with E-state index in [1.807, 2.05) is 54.3 Å². The van der Waals surface area contributed by atoms with Crippen LogP contribution in [0.5, 0.6) is 0 Å². The number of methoxy groups -OCH3 is 2. The lowest BCUT2D eigenvalue weighted by Crippen LogP contribution is -2.36. The summed E-state index contributed by atoms with van der Waals surface area (Å²) in [6.07, 6.45) is 6.07. The zero-order chi connectivity index (χ0) is 47.7. The molecule has 2 aliphatic heterocycles. The highest BCUT2D eigenvalue weighted by Crippen LogP contribution is 2.51. The Morgan fingerprint density at radius 2 is 1.42 bits per heavy atom. The number of ether oxygens (including phenoxy) is 6. The van der Waals surface area contributed by atoms with Gasteiger partial charge in [-0.15, -0.1) is 0 Å². The van der Waals surface area contributed by atoms with E-state index in [0.717, 1.165) is 22.2 Å². The zero-order valence-corrected chi connectivity index (χ0v) is 40.1. The molecule has 0 saturated carbocycles. The van der Waals surface area contributed by atoms with Crippen LogP contribution in [-0.2, 0) is 64.3 Å². The third kappa shape index (κ3) is 16.7. The summed E-state index contributed by atoms with van der Waals surface area (Å²) in [5.41, 5.74) is 2.08. The highest BCUT2D eigenvalue weighted by Gasteiger charge is 2.43. The van der Waals surface area contributed by atoms with Gasteiger partial charge < -0.3 is 42.8 Å². The minimum atomic E-state index is -4.60.